The van der Waals surface area contributed by atoms with E-state index in [4.69, 9.17) is 21.1 Å². The van der Waals surface area contributed by atoms with E-state index in [0.29, 0.717) is 5.02 Å². The molecule has 0 amide bonds. The summed E-state index contributed by atoms with van der Waals surface area (Å²) in [4.78, 5) is 23.9. The number of benzene rings is 1. The fourth-order valence-electron chi connectivity index (χ4n) is 2.03. The van der Waals surface area contributed by atoms with Gasteiger partial charge < -0.3 is 9.47 Å². The van der Waals surface area contributed by atoms with Gasteiger partial charge in [0, 0.05) is 10.4 Å². The summed E-state index contributed by atoms with van der Waals surface area (Å²) in [5, 5.41) is 0.563. The molecule has 0 radical (unpaired) electrons. The molecular formula is C15H17ClO4. The molecule has 1 atom stereocenters. The summed E-state index contributed by atoms with van der Waals surface area (Å²) < 4.78 is 9.43. The minimum atomic E-state index is -1.13. The molecule has 0 aliphatic heterocycles. The van der Waals surface area contributed by atoms with Crippen LogP contribution in [-0.2, 0) is 24.5 Å². The van der Waals surface area contributed by atoms with Crippen LogP contribution in [0.3, 0.4) is 0 Å². The first-order valence-corrected chi connectivity index (χ1v) is 6.33. The van der Waals surface area contributed by atoms with Crippen LogP contribution < -0.4 is 0 Å². The number of rotatable bonds is 5. The Morgan fingerprint density at radius 2 is 1.65 bits per heavy atom. The SMILES string of the molecule is C=CC(C)(c1ccc(Cl)cc1)C(C(=O)OC)C(=O)OC. The van der Waals surface area contributed by atoms with Crippen molar-refractivity contribution in [2.24, 2.45) is 5.92 Å². The molecule has 4 nitrogen and oxygen atoms in total. The highest BCUT2D eigenvalue weighted by atomic mass is 35.5. The Hall–Kier alpha value is -1.81. The Bertz CT molecular complexity index is 493. The van der Waals surface area contributed by atoms with E-state index in [9.17, 15) is 9.59 Å². The largest absolute Gasteiger partial charge is 0.468 e. The third kappa shape index (κ3) is 3.02. The third-order valence-corrected chi connectivity index (χ3v) is 3.62. The van der Waals surface area contributed by atoms with Gasteiger partial charge in [-0.2, -0.15) is 0 Å². The molecule has 1 aromatic carbocycles. The number of carbonyl (C=O) groups excluding carboxylic acids is 2. The number of esters is 2. The van der Waals surface area contributed by atoms with Gasteiger partial charge in [-0.3, -0.25) is 9.59 Å². The van der Waals surface area contributed by atoms with E-state index in [0.717, 1.165) is 5.56 Å². The summed E-state index contributed by atoms with van der Waals surface area (Å²) in [6, 6.07) is 6.85. The quantitative estimate of drug-likeness (QED) is 0.476. The maximum Gasteiger partial charge on any atom is 0.321 e. The number of ether oxygens (including phenoxy) is 2. The summed E-state index contributed by atoms with van der Waals surface area (Å²) in [5.41, 5.74) is -0.234. The lowest BCUT2D eigenvalue weighted by Crippen LogP contribution is -2.42. The molecule has 108 valence electrons. The van der Waals surface area contributed by atoms with Gasteiger partial charge in [0.1, 0.15) is 0 Å². The van der Waals surface area contributed by atoms with Crippen LogP contribution in [0, 0.1) is 5.92 Å². The van der Waals surface area contributed by atoms with Crippen molar-refractivity contribution in [2.75, 3.05) is 14.2 Å². The molecule has 0 saturated heterocycles. The minimum Gasteiger partial charge on any atom is -0.468 e. The summed E-state index contributed by atoms with van der Waals surface area (Å²) in [6.45, 7) is 5.46. The lowest BCUT2D eigenvalue weighted by Gasteiger charge is -2.31. The van der Waals surface area contributed by atoms with Crippen LogP contribution in [0.1, 0.15) is 12.5 Å². The Morgan fingerprint density at radius 3 is 2.00 bits per heavy atom. The zero-order valence-electron chi connectivity index (χ0n) is 11.7. The maximum absolute atomic E-state index is 12.0. The Labute approximate surface area is 123 Å². The highest BCUT2D eigenvalue weighted by Gasteiger charge is 2.45. The fourth-order valence-corrected chi connectivity index (χ4v) is 2.16. The molecule has 0 heterocycles. The predicted octanol–water partition coefficient (Wildman–Crippen LogP) is 2.75. The normalized spacial score (nSPS) is 13.4. The van der Waals surface area contributed by atoms with Crippen molar-refractivity contribution >= 4 is 23.5 Å². The smallest absolute Gasteiger partial charge is 0.321 e. The van der Waals surface area contributed by atoms with Crippen molar-refractivity contribution in [3.63, 3.8) is 0 Å². The van der Waals surface area contributed by atoms with Crippen molar-refractivity contribution in [3.8, 4) is 0 Å². The van der Waals surface area contributed by atoms with E-state index in [1.54, 1.807) is 31.2 Å². The van der Waals surface area contributed by atoms with Gasteiger partial charge in [-0.05, 0) is 17.7 Å². The van der Waals surface area contributed by atoms with Gasteiger partial charge in [0.15, 0.2) is 5.92 Å². The number of hydrogen-bond acceptors (Lipinski definition) is 4. The molecule has 20 heavy (non-hydrogen) atoms. The van der Waals surface area contributed by atoms with E-state index >= 15 is 0 Å². The number of halogens is 1. The van der Waals surface area contributed by atoms with Crippen LogP contribution in [0.25, 0.3) is 0 Å². The lowest BCUT2D eigenvalue weighted by molar-refractivity contribution is -0.161. The molecule has 0 aromatic heterocycles. The maximum atomic E-state index is 12.0. The number of methoxy groups -OCH3 is 2. The summed E-state index contributed by atoms with van der Waals surface area (Å²) in [7, 11) is 2.45. The zero-order chi connectivity index (χ0) is 15.3. The number of hydrogen-bond donors (Lipinski definition) is 0. The Kier molecular flexibility index (Phi) is 5.34. The van der Waals surface area contributed by atoms with Crippen molar-refractivity contribution in [3.05, 3.63) is 47.5 Å². The average Bonchev–Trinajstić information content (AvgIpc) is 2.47. The molecule has 0 spiro atoms. The molecule has 0 aliphatic carbocycles. The third-order valence-electron chi connectivity index (χ3n) is 3.36. The van der Waals surface area contributed by atoms with Gasteiger partial charge in [-0.1, -0.05) is 36.7 Å². The standard InChI is InChI=1S/C15H17ClO4/c1-5-15(2,10-6-8-11(16)9-7-10)12(13(17)19-3)14(18)20-4/h5-9,12H,1H2,2-4H3. The fraction of sp³-hybridized carbons (Fsp3) is 0.333. The van der Waals surface area contributed by atoms with Gasteiger partial charge in [0.25, 0.3) is 0 Å². The highest BCUT2D eigenvalue weighted by molar-refractivity contribution is 6.30. The molecular weight excluding hydrogens is 280 g/mol. The van der Waals surface area contributed by atoms with E-state index in [1.807, 2.05) is 0 Å². The number of carbonyl (C=O) groups is 2. The molecule has 0 fully saturated rings. The summed E-state index contributed by atoms with van der Waals surface area (Å²) in [5.74, 6) is -2.47. The highest BCUT2D eigenvalue weighted by Crippen LogP contribution is 2.35. The Balaban J connectivity index is 3.36. The molecule has 1 rings (SSSR count). The van der Waals surface area contributed by atoms with Gasteiger partial charge in [-0.25, -0.2) is 0 Å². The first-order valence-electron chi connectivity index (χ1n) is 5.96. The predicted molar refractivity (Wildman–Crippen MR) is 76.5 cm³/mol. The van der Waals surface area contributed by atoms with Crippen LogP contribution in [0.15, 0.2) is 36.9 Å². The van der Waals surface area contributed by atoms with E-state index in [2.05, 4.69) is 6.58 Å². The molecule has 0 saturated carbocycles. The first kappa shape index (κ1) is 16.2. The van der Waals surface area contributed by atoms with E-state index in [1.165, 1.54) is 20.3 Å². The van der Waals surface area contributed by atoms with Crippen LogP contribution in [0.4, 0.5) is 0 Å². The summed E-state index contributed by atoms with van der Waals surface area (Å²) in [6.07, 6.45) is 1.54. The van der Waals surface area contributed by atoms with Crippen molar-refractivity contribution in [2.45, 2.75) is 12.3 Å². The van der Waals surface area contributed by atoms with Crippen molar-refractivity contribution < 1.29 is 19.1 Å². The summed E-state index contributed by atoms with van der Waals surface area (Å²) >= 11 is 5.86. The molecule has 0 N–H and O–H groups in total. The second kappa shape index (κ2) is 6.57. The zero-order valence-corrected chi connectivity index (χ0v) is 12.4. The minimum absolute atomic E-state index is 0.563. The Morgan fingerprint density at radius 1 is 1.20 bits per heavy atom. The van der Waals surface area contributed by atoms with Gasteiger partial charge in [-0.15, -0.1) is 6.58 Å². The van der Waals surface area contributed by atoms with Crippen LogP contribution in [0.2, 0.25) is 5.02 Å². The molecule has 0 aliphatic rings. The van der Waals surface area contributed by atoms with Crippen LogP contribution >= 0.6 is 11.6 Å². The van der Waals surface area contributed by atoms with Gasteiger partial charge in [0.2, 0.25) is 0 Å². The molecule has 1 aromatic rings. The van der Waals surface area contributed by atoms with Crippen molar-refractivity contribution in [1.29, 1.82) is 0 Å². The molecule has 5 heteroatoms. The molecule has 1 unspecified atom stereocenters. The second-order valence-corrected chi connectivity index (χ2v) is 4.91. The van der Waals surface area contributed by atoms with Crippen LogP contribution in [-0.4, -0.2) is 26.2 Å². The van der Waals surface area contributed by atoms with E-state index < -0.39 is 23.3 Å². The van der Waals surface area contributed by atoms with Crippen LogP contribution in [0.5, 0.6) is 0 Å². The van der Waals surface area contributed by atoms with Gasteiger partial charge >= 0.3 is 11.9 Å². The van der Waals surface area contributed by atoms with Gasteiger partial charge in [0.05, 0.1) is 14.2 Å². The van der Waals surface area contributed by atoms with E-state index in [-0.39, 0.29) is 0 Å². The average molecular weight is 297 g/mol. The first-order chi connectivity index (χ1) is 9.40. The molecule has 0 bridgehead atoms. The monoisotopic (exact) mass is 296 g/mol. The van der Waals surface area contributed by atoms with Crippen molar-refractivity contribution in [1.82, 2.24) is 0 Å². The topological polar surface area (TPSA) is 52.6 Å². The lowest BCUT2D eigenvalue weighted by atomic mass is 9.71. The second-order valence-electron chi connectivity index (χ2n) is 4.47. The number of allylic oxidation sites excluding steroid dienone is 1.